The van der Waals surface area contributed by atoms with Crippen LogP contribution in [0, 0.1) is 17.4 Å². The van der Waals surface area contributed by atoms with E-state index in [1.165, 1.54) is 0 Å². The van der Waals surface area contributed by atoms with Crippen LogP contribution in [0.25, 0.3) is 0 Å². The first-order valence-corrected chi connectivity index (χ1v) is 7.53. The molecule has 2 aromatic heterocycles. The van der Waals surface area contributed by atoms with E-state index in [0.717, 1.165) is 3.57 Å². The summed E-state index contributed by atoms with van der Waals surface area (Å²) in [7, 11) is -3.72. The molecule has 8 heteroatoms. The van der Waals surface area contributed by atoms with Crippen LogP contribution in [0.3, 0.4) is 0 Å². The molecule has 0 unspecified atom stereocenters. The predicted molar refractivity (Wildman–Crippen MR) is 73.7 cm³/mol. The number of hydrogen-bond acceptors (Lipinski definition) is 5. The minimum Gasteiger partial charge on any atom is -0.360 e. The van der Waals surface area contributed by atoms with Gasteiger partial charge in [-0.1, -0.05) is 5.16 Å². The molecular weight excluding hydrogens is 369 g/mol. The molecule has 96 valence electrons. The lowest BCUT2D eigenvalue weighted by atomic mass is 10.4. The maximum atomic E-state index is 12.1. The molecule has 0 atom stereocenters. The summed E-state index contributed by atoms with van der Waals surface area (Å²) in [6, 6.07) is 3.36. The maximum Gasteiger partial charge on any atom is 0.268 e. The lowest BCUT2D eigenvalue weighted by molar-refractivity contribution is 0.390. The van der Waals surface area contributed by atoms with Gasteiger partial charge in [-0.05, 0) is 48.6 Å². The fourth-order valence-electron chi connectivity index (χ4n) is 1.48. The standard InChI is InChI=1S/C10H10IN3O3S/c1-6-10(7(2)17-13-6)18(15,16)14-9-4-3-8(11)5-12-9/h3-5H,1-2H3,(H,12,14). The molecule has 0 bridgehead atoms. The van der Waals surface area contributed by atoms with E-state index < -0.39 is 10.0 Å². The molecule has 0 aromatic carbocycles. The highest BCUT2D eigenvalue weighted by Crippen LogP contribution is 2.21. The Balaban J connectivity index is 2.36. The van der Waals surface area contributed by atoms with E-state index in [9.17, 15) is 8.42 Å². The number of anilines is 1. The Labute approximate surface area is 118 Å². The van der Waals surface area contributed by atoms with Crippen LogP contribution in [-0.2, 0) is 10.0 Å². The summed E-state index contributed by atoms with van der Waals surface area (Å²) in [6.45, 7) is 3.13. The fraction of sp³-hybridized carbons (Fsp3) is 0.200. The number of sulfonamides is 1. The molecule has 2 aromatic rings. The average molecular weight is 379 g/mol. The topological polar surface area (TPSA) is 85.1 Å². The molecule has 0 fully saturated rings. The van der Waals surface area contributed by atoms with Crippen LogP contribution >= 0.6 is 22.6 Å². The van der Waals surface area contributed by atoms with Gasteiger partial charge in [0, 0.05) is 9.77 Å². The van der Waals surface area contributed by atoms with Crippen LogP contribution in [0.1, 0.15) is 11.5 Å². The zero-order valence-corrected chi connectivity index (χ0v) is 12.6. The maximum absolute atomic E-state index is 12.1. The van der Waals surface area contributed by atoms with Crippen LogP contribution in [0.15, 0.2) is 27.7 Å². The normalized spacial score (nSPS) is 11.5. The monoisotopic (exact) mass is 379 g/mol. The minimum atomic E-state index is -3.72. The van der Waals surface area contributed by atoms with Gasteiger partial charge in [-0.25, -0.2) is 13.4 Å². The summed E-state index contributed by atoms with van der Waals surface area (Å²) in [6.07, 6.45) is 1.58. The van der Waals surface area contributed by atoms with Crippen molar-refractivity contribution in [2.24, 2.45) is 0 Å². The Bertz CT molecular complexity index is 645. The van der Waals surface area contributed by atoms with E-state index in [4.69, 9.17) is 4.52 Å². The molecule has 0 saturated carbocycles. The van der Waals surface area contributed by atoms with Crippen LogP contribution < -0.4 is 4.72 Å². The van der Waals surface area contributed by atoms with Gasteiger partial charge in [0.15, 0.2) is 10.7 Å². The van der Waals surface area contributed by atoms with Crippen LogP contribution in [0.5, 0.6) is 0 Å². The average Bonchev–Trinajstić information content (AvgIpc) is 2.62. The van der Waals surface area contributed by atoms with Gasteiger partial charge in [-0.3, -0.25) is 4.72 Å². The number of nitrogens with one attached hydrogen (secondary N) is 1. The summed E-state index contributed by atoms with van der Waals surface area (Å²) in [4.78, 5) is 4.04. The third kappa shape index (κ3) is 2.64. The van der Waals surface area contributed by atoms with Gasteiger partial charge in [0.2, 0.25) is 0 Å². The van der Waals surface area contributed by atoms with Gasteiger partial charge in [0.1, 0.15) is 11.5 Å². The first-order chi connectivity index (χ1) is 8.40. The van der Waals surface area contributed by atoms with Gasteiger partial charge in [0.05, 0.1) is 0 Å². The van der Waals surface area contributed by atoms with Crippen LogP contribution in [0.4, 0.5) is 5.82 Å². The molecule has 0 aliphatic carbocycles. The number of aromatic nitrogens is 2. The Morgan fingerprint density at radius 3 is 2.56 bits per heavy atom. The third-order valence-corrected chi connectivity index (χ3v) is 4.44. The van der Waals surface area contributed by atoms with Gasteiger partial charge in [0.25, 0.3) is 10.0 Å². The minimum absolute atomic E-state index is 0.0582. The molecule has 0 aliphatic heterocycles. The van der Waals surface area contributed by atoms with E-state index in [2.05, 4.69) is 37.5 Å². The molecule has 0 radical (unpaired) electrons. The first-order valence-electron chi connectivity index (χ1n) is 4.97. The van der Waals surface area contributed by atoms with Gasteiger partial charge < -0.3 is 4.52 Å². The molecule has 2 rings (SSSR count). The second-order valence-corrected chi connectivity index (χ2v) is 6.49. The Morgan fingerprint density at radius 1 is 1.33 bits per heavy atom. The fourth-order valence-corrected chi connectivity index (χ4v) is 3.14. The van der Waals surface area contributed by atoms with E-state index in [0.29, 0.717) is 5.69 Å². The van der Waals surface area contributed by atoms with Crippen molar-refractivity contribution < 1.29 is 12.9 Å². The zero-order valence-electron chi connectivity index (χ0n) is 9.64. The molecule has 0 amide bonds. The third-order valence-electron chi connectivity index (χ3n) is 2.20. The van der Waals surface area contributed by atoms with Crippen LogP contribution in [-0.4, -0.2) is 18.6 Å². The number of hydrogen-bond donors (Lipinski definition) is 1. The Morgan fingerprint density at radius 2 is 2.06 bits per heavy atom. The van der Waals surface area contributed by atoms with Crippen molar-refractivity contribution in [3.8, 4) is 0 Å². The number of pyridine rings is 1. The van der Waals surface area contributed by atoms with E-state index in [-0.39, 0.29) is 16.5 Å². The summed E-state index contributed by atoms with van der Waals surface area (Å²) in [5, 5.41) is 3.62. The van der Waals surface area contributed by atoms with Crippen molar-refractivity contribution >= 4 is 38.4 Å². The number of nitrogens with zero attached hydrogens (tertiary/aromatic N) is 2. The summed E-state index contributed by atoms with van der Waals surface area (Å²) in [5.41, 5.74) is 0.325. The summed E-state index contributed by atoms with van der Waals surface area (Å²) in [5.74, 6) is 0.515. The lowest BCUT2D eigenvalue weighted by Gasteiger charge is -2.06. The molecule has 0 aliphatic rings. The largest absolute Gasteiger partial charge is 0.360 e. The van der Waals surface area contributed by atoms with E-state index in [1.807, 2.05) is 0 Å². The van der Waals surface area contributed by atoms with Gasteiger partial charge in [-0.15, -0.1) is 0 Å². The van der Waals surface area contributed by atoms with Crippen molar-refractivity contribution in [2.45, 2.75) is 18.7 Å². The second-order valence-electron chi connectivity index (χ2n) is 3.62. The highest BCUT2D eigenvalue weighted by molar-refractivity contribution is 14.1. The number of halogens is 1. The summed E-state index contributed by atoms with van der Waals surface area (Å²) < 4.78 is 32.4. The number of aryl methyl sites for hydroxylation is 2. The van der Waals surface area contributed by atoms with Crippen molar-refractivity contribution in [2.75, 3.05) is 4.72 Å². The molecule has 2 heterocycles. The zero-order chi connectivity index (χ0) is 13.3. The molecule has 0 spiro atoms. The van der Waals surface area contributed by atoms with Crippen molar-refractivity contribution in [3.05, 3.63) is 33.4 Å². The predicted octanol–water partition coefficient (Wildman–Crippen LogP) is 2.09. The summed E-state index contributed by atoms with van der Waals surface area (Å²) >= 11 is 2.09. The van der Waals surface area contributed by atoms with Crippen molar-refractivity contribution in [1.82, 2.24) is 10.1 Å². The Kier molecular flexibility index (Phi) is 3.57. The molecule has 1 N–H and O–H groups in total. The molecule has 6 nitrogen and oxygen atoms in total. The molecule has 18 heavy (non-hydrogen) atoms. The highest BCUT2D eigenvalue weighted by Gasteiger charge is 2.24. The number of rotatable bonds is 3. The van der Waals surface area contributed by atoms with Gasteiger partial charge in [-0.2, -0.15) is 0 Å². The van der Waals surface area contributed by atoms with Crippen LogP contribution in [0.2, 0.25) is 0 Å². The van der Waals surface area contributed by atoms with Crippen molar-refractivity contribution in [3.63, 3.8) is 0 Å². The molecule has 0 saturated heterocycles. The first kappa shape index (κ1) is 13.3. The quantitative estimate of drug-likeness (QED) is 0.826. The smallest absolute Gasteiger partial charge is 0.268 e. The lowest BCUT2D eigenvalue weighted by Crippen LogP contribution is -2.15. The second kappa shape index (κ2) is 4.84. The molecular formula is C10H10IN3O3S. The van der Waals surface area contributed by atoms with Gasteiger partial charge >= 0.3 is 0 Å². The van der Waals surface area contributed by atoms with Crippen molar-refractivity contribution in [1.29, 1.82) is 0 Å². The van der Waals surface area contributed by atoms with E-state index in [1.54, 1.807) is 32.2 Å². The Hall–Kier alpha value is -1.16. The van der Waals surface area contributed by atoms with E-state index >= 15 is 0 Å². The SMILES string of the molecule is Cc1noc(C)c1S(=O)(=O)Nc1ccc(I)cn1. The highest BCUT2D eigenvalue weighted by atomic mass is 127.